The molecule has 1 atom stereocenters. The van der Waals surface area contributed by atoms with Crippen LogP contribution in [0.2, 0.25) is 0 Å². The summed E-state index contributed by atoms with van der Waals surface area (Å²) in [5.41, 5.74) is 2.44. The minimum atomic E-state index is -0.636. The Morgan fingerprint density at radius 1 is 1.29 bits per heavy atom. The summed E-state index contributed by atoms with van der Waals surface area (Å²) in [5, 5.41) is 18.6. The van der Waals surface area contributed by atoms with Gasteiger partial charge in [0.2, 0.25) is 0 Å². The summed E-state index contributed by atoms with van der Waals surface area (Å²) >= 11 is 0. The number of aliphatic hydroxyl groups excluding tert-OH is 1. The maximum Gasteiger partial charge on any atom is 0.140 e. The Bertz CT molecular complexity index is 690. The SMILES string of the molecule is Cc1ccc(OCc2ccc(F)c(C#N)c2)c([C@@H](C)O)c1. The molecule has 0 amide bonds. The molecule has 2 aromatic carbocycles. The maximum atomic E-state index is 13.3. The lowest BCUT2D eigenvalue weighted by Gasteiger charge is -2.14. The van der Waals surface area contributed by atoms with Gasteiger partial charge in [-0.25, -0.2) is 4.39 Å². The van der Waals surface area contributed by atoms with Crippen molar-refractivity contribution in [3.05, 3.63) is 64.5 Å². The highest BCUT2D eigenvalue weighted by atomic mass is 19.1. The van der Waals surface area contributed by atoms with E-state index in [1.165, 1.54) is 12.1 Å². The largest absolute Gasteiger partial charge is 0.489 e. The van der Waals surface area contributed by atoms with Crippen LogP contribution in [0.15, 0.2) is 36.4 Å². The van der Waals surface area contributed by atoms with Crippen LogP contribution >= 0.6 is 0 Å². The molecule has 0 bridgehead atoms. The predicted molar refractivity (Wildman–Crippen MR) is 77.3 cm³/mol. The van der Waals surface area contributed by atoms with Gasteiger partial charge in [-0.15, -0.1) is 0 Å². The predicted octanol–water partition coefficient (Wildman–Crippen LogP) is 3.64. The molecule has 0 unspecified atom stereocenters. The summed E-state index contributed by atoms with van der Waals surface area (Å²) in [4.78, 5) is 0. The molecule has 2 aromatic rings. The van der Waals surface area contributed by atoms with Crippen molar-refractivity contribution in [3.8, 4) is 11.8 Å². The Kier molecular flexibility index (Phi) is 4.56. The van der Waals surface area contributed by atoms with E-state index in [0.29, 0.717) is 16.9 Å². The molecular formula is C17H16FNO2. The summed E-state index contributed by atoms with van der Waals surface area (Å²) in [7, 11) is 0. The van der Waals surface area contributed by atoms with E-state index in [0.717, 1.165) is 5.56 Å². The second-order valence-corrected chi connectivity index (χ2v) is 4.93. The fourth-order valence-corrected chi connectivity index (χ4v) is 2.03. The van der Waals surface area contributed by atoms with Crippen LogP contribution in [0, 0.1) is 24.1 Å². The van der Waals surface area contributed by atoms with Gasteiger partial charge in [0.25, 0.3) is 0 Å². The van der Waals surface area contributed by atoms with Crippen LogP contribution in [0.3, 0.4) is 0 Å². The van der Waals surface area contributed by atoms with Gasteiger partial charge >= 0.3 is 0 Å². The molecular weight excluding hydrogens is 269 g/mol. The zero-order chi connectivity index (χ0) is 15.4. The summed E-state index contributed by atoms with van der Waals surface area (Å²) in [6.07, 6.45) is -0.636. The molecule has 0 fully saturated rings. The molecule has 2 rings (SSSR count). The average Bonchev–Trinajstić information content (AvgIpc) is 2.47. The second-order valence-electron chi connectivity index (χ2n) is 4.93. The van der Waals surface area contributed by atoms with Gasteiger partial charge in [0.15, 0.2) is 0 Å². The monoisotopic (exact) mass is 285 g/mol. The van der Waals surface area contributed by atoms with Crippen LogP contribution in [0.4, 0.5) is 4.39 Å². The number of aliphatic hydroxyl groups is 1. The van der Waals surface area contributed by atoms with Gasteiger partial charge in [0, 0.05) is 5.56 Å². The number of aryl methyl sites for hydroxylation is 1. The molecule has 0 aromatic heterocycles. The van der Waals surface area contributed by atoms with Crippen LogP contribution in [-0.4, -0.2) is 5.11 Å². The molecule has 0 aliphatic rings. The molecule has 108 valence electrons. The normalized spacial score (nSPS) is 11.8. The smallest absolute Gasteiger partial charge is 0.140 e. The Balaban J connectivity index is 2.19. The molecule has 1 N–H and O–H groups in total. The van der Waals surface area contributed by atoms with E-state index >= 15 is 0 Å². The number of ether oxygens (including phenoxy) is 1. The van der Waals surface area contributed by atoms with Crippen molar-refractivity contribution >= 4 is 0 Å². The van der Waals surface area contributed by atoms with Crippen molar-refractivity contribution in [2.75, 3.05) is 0 Å². The number of nitrogens with zero attached hydrogens (tertiary/aromatic N) is 1. The first-order chi connectivity index (χ1) is 10.0. The molecule has 21 heavy (non-hydrogen) atoms. The van der Waals surface area contributed by atoms with Crippen molar-refractivity contribution in [1.82, 2.24) is 0 Å². The number of hydrogen-bond acceptors (Lipinski definition) is 3. The minimum Gasteiger partial charge on any atom is -0.489 e. The van der Waals surface area contributed by atoms with Crippen molar-refractivity contribution in [2.45, 2.75) is 26.6 Å². The highest BCUT2D eigenvalue weighted by Crippen LogP contribution is 2.27. The Morgan fingerprint density at radius 3 is 2.71 bits per heavy atom. The van der Waals surface area contributed by atoms with E-state index in [1.807, 2.05) is 19.1 Å². The van der Waals surface area contributed by atoms with Gasteiger partial charge in [-0.05, 0) is 43.7 Å². The summed E-state index contributed by atoms with van der Waals surface area (Å²) in [5.74, 6) is 0.0414. The first-order valence-corrected chi connectivity index (χ1v) is 6.61. The van der Waals surface area contributed by atoms with Crippen molar-refractivity contribution in [2.24, 2.45) is 0 Å². The Hall–Kier alpha value is -2.38. The summed E-state index contributed by atoms with van der Waals surface area (Å²) < 4.78 is 18.9. The summed E-state index contributed by atoms with van der Waals surface area (Å²) in [6.45, 7) is 3.82. The quantitative estimate of drug-likeness (QED) is 0.933. The van der Waals surface area contributed by atoms with Crippen LogP contribution < -0.4 is 4.74 Å². The lowest BCUT2D eigenvalue weighted by Crippen LogP contribution is -2.02. The van der Waals surface area contributed by atoms with Gasteiger partial charge < -0.3 is 9.84 Å². The molecule has 0 saturated heterocycles. The average molecular weight is 285 g/mol. The topological polar surface area (TPSA) is 53.2 Å². The third-order valence-electron chi connectivity index (χ3n) is 3.16. The standard InChI is InChI=1S/C17H16FNO2/c1-11-3-6-17(15(7-11)12(2)20)21-10-13-4-5-16(18)14(8-13)9-19/h3-8,12,20H,10H2,1-2H3/t12-/m1/s1. The van der Waals surface area contributed by atoms with E-state index in [4.69, 9.17) is 10.00 Å². The van der Waals surface area contributed by atoms with Crippen LogP contribution in [0.25, 0.3) is 0 Å². The van der Waals surface area contributed by atoms with Crippen LogP contribution in [0.5, 0.6) is 5.75 Å². The molecule has 0 heterocycles. The first-order valence-electron chi connectivity index (χ1n) is 6.61. The third-order valence-corrected chi connectivity index (χ3v) is 3.16. The maximum absolute atomic E-state index is 13.3. The summed E-state index contributed by atoms with van der Waals surface area (Å²) in [6, 6.07) is 11.7. The lowest BCUT2D eigenvalue weighted by molar-refractivity contribution is 0.190. The highest BCUT2D eigenvalue weighted by molar-refractivity contribution is 5.39. The van der Waals surface area contributed by atoms with Gasteiger partial charge in [-0.1, -0.05) is 17.7 Å². The molecule has 3 nitrogen and oxygen atoms in total. The number of hydrogen-bond donors (Lipinski definition) is 1. The van der Waals surface area contributed by atoms with Crippen molar-refractivity contribution < 1.29 is 14.2 Å². The molecule has 0 saturated carbocycles. The first kappa shape index (κ1) is 15.0. The van der Waals surface area contributed by atoms with E-state index in [-0.39, 0.29) is 12.2 Å². The molecule has 4 heteroatoms. The zero-order valence-corrected chi connectivity index (χ0v) is 11.9. The number of halogens is 1. The second kappa shape index (κ2) is 6.38. The van der Waals surface area contributed by atoms with E-state index in [1.54, 1.807) is 25.1 Å². The van der Waals surface area contributed by atoms with Crippen molar-refractivity contribution in [1.29, 1.82) is 5.26 Å². The van der Waals surface area contributed by atoms with Crippen LogP contribution in [0.1, 0.15) is 35.3 Å². The van der Waals surface area contributed by atoms with Crippen LogP contribution in [-0.2, 0) is 6.61 Å². The Labute approximate surface area is 123 Å². The highest BCUT2D eigenvalue weighted by Gasteiger charge is 2.10. The number of nitriles is 1. The van der Waals surface area contributed by atoms with E-state index in [9.17, 15) is 9.50 Å². The van der Waals surface area contributed by atoms with Gasteiger partial charge in [-0.3, -0.25) is 0 Å². The Morgan fingerprint density at radius 2 is 2.05 bits per heavy atom. The molecule has 0 aliphatic heterocycles. The lowest BCUT2D eigenvalue weighted by atomic mass is 10.1. The van der Waals surface area contributed by atoms with Gasteiger partial charge in [0.1, 0.15) is 24.2 Å². The van der Waals surface area contributed by atoms with Crippen molar-refractivity contribution in [3.63, 3.8) is 0 Å². The number of benzene rings is 2. The van der Waals surface area contributed by atoms with Gasteiger partial charge in [0.05, 0.1) is 11.7 Å². The van der Waals surface area contributed by atoms with Gasteiger partial charge in [-0.2, -0.15) is 5.26 Å². The molecule has 0 spiro atoms. The fraction of sp³-hybridized carbons (Fsp3) is 0.235. The molecule has 0 aliphatic carbocycles. The zero-order valence-electron chi connectivity index (χ0n) is 11.9. The van der Waals surface area contributed by atoms with E-state index < -0.39 is 11.9 Å². The third kappa shape index (κ3) is 3.59. The number of rotatable bonds is 4. The van der Waals surface area contributed by atoms with E-state index in [2.05, 4.69) is 0 Å². The minimum absolute atomic E-state index is 0.00393. The fourth-order valence-electron chi connectivity index (χ4n) is 2.03. The molecule has 0 radical (unpaired) electrons.